The lowest BCUT2D eigenvalue weighted by Crippen LogP contribution is -2.41. The topological polar surface area (TPSA) is 33.6 Å². The molecule has 1 fully saturated rings. The molecule has 2 heterocycles. The monoisotopic (exact) mass is 262 g/mol. The zero-order chi connectivity index (χ0) is 13.1. The number of hydrogen-bond acceptors (Lipinski definition) is 3. The summed E-state index contributed by atoms with van der Waals surface area (Å²) in [6.07, 6.45) is 4.11. The van der Waals surface area contributed by atoms with Crippen molar-refractivity contribution in [1.29, 1.82) is 0 Å². The molecule has 1 N–H and O–H groups in total. The minimum atomic E-state index is -0.157. The van der Waals surface area contributed by atoms with Crippen molar-refractivity contribution in [2.24, 2.45) is 4.99 Å². The van der Waals surface area contributed by atoms with Gasteiger partial charge in [0.1, 0.15) is 11.9 Å². The van der Waals surface area contributed by atoms with E-state index >= 15 is 0 Å². The maximum absolute atomic E-state index is 13.6. The minimum absolute atomic E-state index is 0.0179. The summed E-state index contributed by atoms with van der Waals surface area (Å²) in [5, 5.41) is 3.43. The molecule has 4 heteroatoms. The first-order valence-electron chi connectivity index (χ1n) is 7.01. The van der Waals surface area contributed by atoms with Crippen molar-refractivity contribution in [1.82, 2.24) is 5.32 Å². The van der Waals surface area contributed by atoms with Crippen molar-refractivity contribution in [2.75, 3.05) is 13.1 Å². The molecule has 0 radical (unpaired) electrons. The number of ether oxygens (including phenoxy) is 1. The second kappa shape index (κ2) is 5.70. The van der Waals surface area contributed by atoms with Crippen LogP contribution in [-0.4, -0.2) is 31.1 Å². The summed E-state index contributed by atoms with van der Waals surface area (Å²) in [6.45, 7) is 1.67. The predicted molar refractivity (Wildman–Crippen MR) is 72.9 cm³/mol. The Morgan fingerprint density at radius 1 is 1.32 bits per heavy atom. The van der Waals surface area contributed by atoms with E-state index in [1.54, 1.807) is 6.07 Å². The molecule has 0 spiro atoms. The number of piperidine rings is 1. The van der Waals surface area contributed by atoms with E-state index in [1.165, 1.54) is 18.9 Å². The highest BCUT2D eigenvalue weighted by Crippen LogP contribution is 2.18. The Morgan fingerprint density at radius 3 is 3.00 bits per heavy atom. The second-order valence-electron chi connectivity index (χ2n) is 5.22. The Kier molecular flexibility index (Phi) is 3.78. The molecule has 102 valence electrons. The van der Waals surface area contributed by atoms with Crippen LogP contribution in [0.25, 0.3) is 0 Å². The summed E-state index contributed by atoms with van der Waals surface area (Å²) in [6, 6.07) is 7.14. The Hall–Kier alpha value is -1.42. The van der Waals surface area contributed by atoms with Crippen molar-refractivity contribution >= 4 is 5.90 Å². The van der Waals surface area contributed by atoms with Crippen molar-refractivity contribution < 1.29 is 9.13 Å². The number of rotatable bonds is 3. The van der Waals surface area contributed by atoms with E-state index in [4.69, 9.17) is 4.74 Å². The van der Waals surface area contributed by atoms with Crippen LogP contribution < -0.4 is 5.32 Å². The van der Waals surface area contributed by atoms with Crippen LogP contribution in [0, 0.1) is 5.82 Å². The molecule has 2 atom stereocenters. The first-order valence-corrected chi connectivity index (χ1v) is 7.01. The molecule has 0 aliphatic carbocycles. The normalized spacial score (nSPS) is 26.9. The summed E-state index contributed by atoms with van der Waals surface area (Å²) in [4.78, 5) is 4.48. The van der Waals surface area contributed by atoms with Gasteiger partial charge in [0.2, 0.25) is 5.90 Å². The van der Waals surface area contributed by atoms with Gasteiger partial charge in [-0.05, 0) is 31.0 Å². The number of nitrogens with one attached hydrogen (secondary N) is 1. The largest absolute Gasteiger partial charge is 0.474 e. The molecule has 3 nitrogen and oxygen atoms in total. The molecule has 1 aromatic carbocycles. The molecule has 19 heavy (non-hydrogen) atoms. The molecule has 0 bridgehead atoms. The van der Waals surface area contributed by atoms with Crippen LogP contribution >= 0.6 is 0 Å². The van der Waals surface area contributed by atoms with Gasteiger partial charge in [-0.3, -0.25) is 4.99 Å². The van der Waals surface area contributed by atoms with Crippen molar-refractivity contribution in [3.63, 3.8) is 0 Å². The summed E-state index contributed by atoms with van der Waals surface area (Å²) >= 11 is 0. The SMILES string of the molecule is Fc1ccccc1CC1CN=C(C2CCCCN2)O1. The van der Waals surface area contributed by atoms with E-state index in [1.807, 2.05) is 12.1 Å². The molecule has 3 rings (SSSR count). The fraction of sp³-hybridized carbons (Fsp3) is 0.533. The highest BCUT2D eigenvalue weighted by molar-refractivity contribution is 5.83. The molecule has 1 aromatic rings. The van der Waals surface area contributed by atoms with E-state index in [9.17, 15) is 4.39 Å². The van der Waals surface area contributed by atoms with Crippen LogP contribution in [0.3, 0.4) is 0 Å². The third-order valence-corrected chi connectivity index (χ3v) is 3.75. The number of halogens is 1. The summed E-state index contributed by atoms with van der Waals surface area (Å²) in [5.41, 5.74) is 0.709. The van der Waals surface area contributed by atoms with Gasteiger partial charge >= 0.3 is 0 Å². The number of aliphatic imine (C=N–C) groups is 1. The molecular formula is C15H19FN2O. The van der Waals surface area contributed by atoms with Crippen molar-refractivity contribution in [3.05, 3.63) is 35.6 Å². The van der Waals surface area contributed by atoms with E-state index in [0.717, 1.165) is 18.9 Å². The highest BCUT2D eigenvalue weighted by Gasteiger charge is 2.28. The Bertz CT molecular complexity index is 469. The third kappa shape index (κ3) is 2.95. The molecule has 0 saturated carbocycles. The van der Waals surface area contributed by atoms with Gasteiger partial charge in [0.25, 0.3) is 0 Å². The smallest absolute Gasteiger partial charge is 0.201 e. The second-order valence-corrected chi connectivity index (χ2v) is 5.22. The number of hydrogen-bond donors (Lipinski definition) is 1. The van der Waals surface area contributed by atoms with Crippen molar-refractivity contribution in [3.8, 4) is 0 Å². The van der Waals surface area contributed by atoms with Crippen molar-refractivity contribution in [2.45, 2.75) is 37.8 Å². The standard InChI is InChI=1S/C15H19FN2O/c16-13-6-2-1-5-11(13)9-12-10-18-15(19-12)14-7-3-4-8-17-14/h1-2,5-6,12,14,17H,3-4,7-10H2. The Morgan fingerprint density at radius 2 is 2.21 bits per heavy atom. The summed E-state index contributed by atoms with van der Waals surface area (Å²) < 4.78 is 19.5. The van der Waals surface area contributed by atoms with Crippen LogP contribution in [0.4, 0.5) is 4.39 Å². The van der Waals surface area contributed by atoms with Gasteiger partial charge in [0.05, 0.1) is 12.6 Å². The molecule has 2 aliphatic rings. The zero-order valence-corrected chi connectivity index (χ0v) is 10.9. The fourth-order valence-electron chi connectivity index (χ4n) is 2.71. The van der Waals surface area contributed by atoms with Gasteiger partial charge in [0.15, 0.2) is 0 Å². The number of benzene rings is 1. The Balaban J connectivity index is 1.57. The fourth-order valence-corrected chi connectivity index (χ4v) is 2.71. The molecule has 2 unspecified atom stereocenters. The van der Waals surface area contributed by atoms with Gasteiger partial charge in [-0.15, -0.1) is 0 Å². The van der Waals surface area contributed by atoms with Crippen LogP contribution in [0.5, 0.6) is 0 Å². The van der Waals surface area contributed by atoms with Gasteiger partial charge in [-0.25, -0.2) is 4.39 Å². The van der Waals surface area contributed by atoms with Gasteiger partial charge in [0, 0.05) is 6.42 Å². The minimum Gasteiger partial charge on any atom is -0.474 e. The average molecular weight is 262 g/mol. The average Bonchev–Trinajstić information content (AvgIpc) is 2.91. The number of nitrogens with zero attached hydrogens (tertiary/aromatic N) is 1. The first-order chi connectivity index (χ1) is 9.33. The van der Waals surface area contributed by atoms with E-state index in [0.29, 0.717) is 18.5 Å². The van der Waals surface area contributed by atoms with E-state index in [2.05, 4.69) is 10.3 Å². The van der Waals surface area contributed by atoms with Crippen LogP contribution in [0.1, 0.15) is 24.8 Å². The summed E-state index contributed by atoms with van der Waals surface area (Å²) in [5.74, 6) is 0.663. The highest BCUT2D eigenvalue weighted by atomic mass is 19.1. The molecule has 1 saturated heterocycles. The zero-order valence-electron chi connectivity index (χ0n) is 10.9. The predicted octanol–water partition coefficient (Wildman–Crippen LogP) is 2.31. The van der Waals surface area contributed by atoms with Gasteiger partial charge in [-0.1, -0.05) is 24.6 Å². The molecule has 0 amide bonds. The van der Waals surface area contributed by atoms with Crippen LogP contribution in [-0.2, 0) is 11.2 Å². The quantitative estimate of drug-likeness (QED) is 0.907. The Labute approximate surface area is 112 Å². The van der Waals surface area contributed by atoms with E-state index < -0.39 is 0 Å². The van der Waals surface area contributed by atoms with Crippen LogP contribution in [0.2, 0.25) is 0 Å². The third-order valence-electron chi connectivity index (χ3n) is 3.75. The first kappa shape index (κ1) is 12.6. The molecule has 2 aliphatic heterocycles. The van der Waals surface area contributed by atoms with E-state index in [-0.39, 0.29) is 18.0 Å². The summed E-state index contributed by atoms with van der Waals surface area (Å²) in [7, 11) is 0. The molecule has 0 aromatic heterocycles. The maximum atomic E-state index is 13.6. The lowest BCUT2D eigenvalue weighted by molar-refractivity contribution is 0.208. The lowest BCUT2D eigenvalue weighted by Gasteiger charge is -2.23. The maximum Gasteiger partial charge on any atom is 0.201 e. The molecular weight excluding hydrogens is 243 g/mol. The lowest BCUT2D eigenvalue weighted by atomic mass is 10.1. The van der Waals surface area contributed by atoms with Crippen LogP contribution in [0.15, 0.2) is 29.3 Å². The van der Waals surface area contributed by atoms with Gasteiger partial charge in [-0.2, -0.15) is 0 Å². The van der Waals surface area contributed by atoms with Gasteiger partial charge < -0.3 is 10.1 Å².